The van der Waals surface area contributed by atoms with Gasteiger partial charge in [0.25, 0.3) is 5.91 Å². The van der Waals surface area contributed by atoms with Crippen LogP contribution in [0.4, 0.5) is 5.69 Å². The third-order valence-electron chi connectivity index (χ3n) is 5.38. The molecular formula is C24H31N3O3. The van der Waals surface area contributed by atoms with Gasteiger partial charge in [0, 0.05) is 44.5 Å². The maximum Gasteiger partial charge on any atom is 0.253 e. The molecule has 1 fully saturated rings. The first-order chi connectivity index (χ1) is 14.5. The summed E-state index contributed by atoms with van der Waals surface area (Å²) in [4.78, 5) is 29.0. The summed E-state index contributed by atoms with van der Waals surface area (Å²) in [5.74, 6) is 0.887. The fourth-order valence-corrected chi connectivity index (χ4v) is 3.65. The Labute approximate surface area is 178 Å². The predicted octanol–water partition coefficient (Wildman–Crippen LogP) is 3.11. The summed E-state index contributed by atoms with van der Waals surface area (Å²) in [5, 5.41) is 3.11. The lowest BCUT2D eigenvalue weighted by molar-refractivity contribution is -0.121. The van der Waals surface area contributed by atoms with Gasteiger partial charge in [0.15, 0.2) is 0 Å². The molecule has 30 heavy (non-hydrogen) atoms. The number of carbonyl (C=O) groups excluding carboxylic acids is 2. The molecule has 0 unspecified atom stereocenters. The van der Waals surface area contributed by atoms with Crippen molar-refractivity contribution in [1.29, 1.82) is 0 Å². The first kappa shape index (κ1) is 21.7. The van der Waals surface area contributed by atoms with E-state index >= 15 is 0 Å². The van der Waals surface area contributed by atoms with E-state index in [2.05, 4.69) is 5.32 Å². The average Bonchev–Trinajstić information content (AvgIpc) is 2.75. The molecular weight excluding hydrogens is 378 g/mol. The van der Waals surface area contributed by atoms with Crippen LogP contribution in [0.5, 0.6) is 5.75 Å². The lowest BCUT2D eigenvalue weighted by Crippen LogP contribution is -2.46. The number of hydrogen-bond donors (Lipinski definition) is 1. The Bertz CT molecular complexity index is 839. The molecule has 1 heterocycles. The van der Waals surface area contributed by atoms with E-state index in [-0.39, 0.29) is 17.9 Å². The van der Waals surface area contributed by atoms with E-state index in [1.54, 1.807) is 0 Å². The number of amides is 2. The zero-order valence-electron chi connectivity index (χ0n) is 18.1. The Hall–Kier alpha value is -3.02. The van der Waals surface area contributed by atoms with E-state index in [9.17, 15) is 9.59 Å². The molecule has 6 nitrogen and oxygen atoms in total. The molecule has 2 aromatic carbocycles. The Morgan fingerprint density at radius 3 is 2.23 bits per heavy atom. The van der Waals surface area contributed by atoms with E-state index in [0.29, 0.717) is 31.7 Å². The fraction of sp³-hybridized carbons (Fsp3) is 0.417. The number of likely N-dealkylation sites (tertiary alicyclic amines) is 1. The second-order valence-corrected chi connectivity index (χ2v) is 7.83. The zero-order valence-corrected chi connectivity index (χ0v) is 18.1. The van der Waals surface area contributed by atoms with Gasteiger partial charge < -0.3 is 19.9 Å². The van der Waals surface area contributed by atoms with Crippen LogP contribution in [0.1, 0.15) is 35.7 Å². The maximum absolute atomic E-state index is 12.7. The molecule has 1 saturated heterocycles. The molecule has 0 spiro atoms. The van der Waals surface area contributed by atoms with Gasteiger partial charge in [-0.1, -0.05) is 12.1 Å². The molecule has 0 radical (unpaired) electrons. The Kier molecular flexibility index (Phi) is 7.33. The summed E-state index contributed by atoms with van der Waals surface area (Å²) >= 11 is 0. The van der Waals surface area contributed by atoms with Crippen LogP contribution >= 0.6 is 0 Å². The van der Waals surface area contributed by atoms with Crippen LogP contribution in [0.25, 0.3) is 0 Å². The highest BCUT2D eigenvalue weighted by Gasteiger charge is 2.24. The van der Waals surface area contributed by atoms with Crippen molar-refractivity contribution >= 4 is 17.5 Å². The minimum absolute atomic E-state index is 0.0169. The van der Waals surface area contributed by atoms with Gasteiger partial charge in [-0.15, -0.1) is 0 Å². The lowest BCUT2D eigenvalue weighted by Gasteiger charge is -2.32. The van der Waals surface area contributed by atoms with Crippen LogP contribution in [-0.2, 0) is 11.2 Å². The number of rotatable bonds is 7. The van der Waals surface area contributed by atoms with Crippen LogP contribution in [0, 0.1) is 0 Å². The van der Waals surface area contributed by atoms with Crippen molar-refractivity contribution in [3.8, 4) is 5.75 Å². The quantitative estimate of drug-likeness (QED) is 0.763. The monoisotopic (exact) mass is 409 g/mol. The normalized spacial score (nSPS) is 14.3. The summed E-state index contributed by atoms with van der Waals surface area (Å²) in [6.45, 7) is 3.88. The fourth-order valence-electron chi connectivity index (χ4n) is 3.65. The van der Waals surface area contributed by atoms with Crippen molar-refractivity contribution in [2.24, 2.45) is 0 Å². The van der Waals surface area contributed by atoms with E-state index < -0.39 is 0 Å². The van der Waals surface area contributed by atoms with E-state index in [0.717, 1.165) is 29.8 Å². The molecule has 2 aromatic rings. The summed E-state index contributed by atoms with van der Waals surface area (Å²) in [7, 11) is 3.96. The summed E-state index contributed by atoms with van der Waals surface area (Å²) in [6, 6.07) is 15.4. The molecule has 160 valence electrons. The van der Waals surface area contributed by atoms with Gasteiger partial charge in [0.1, 0.15) is 5.75 Å². The van der Waals surface area contributed by atoms with Gasteiger partial charge in [0.05, 0.1) is 13.0 Å². The molecule has 0 aliphatic carbocycles. The van der Waals surface area contributed by atoms with Gasteiger partial charge in [-0.3, -0.25) is 9.59 Å². The lowest BCUT2D eigenvalue weighted by atomic mass is 10.0. The van der Waals surface area contributed by atoms with Gasteiger partial charge >= 0.3 is 0 Å². The smallest absolute Gasteiger partial charge is 0.253 e. The van der Waals surface area contributed by atoms with E-state index in [1.165, 1.54) is 0 Å². The highest BCUT2D eigenvalue weighted by molar-refractivity contribution is 5.94. The highest BCUT2D eigenvalue weighted by Crippen LogP contribution is 2.18. The minimum atomic E-state index is 0.0169. The molecule has 6 heteroatoms. The van der Waals surface area contributed by atoms with Gasteiger partial charge in [-0.25, -0.2) is 0 Å². The molecule has 1 N–H and O–H groups in total. The van der Waals surface area contributed by atoms with Crippen molar-refractivity contribution in [3.63, 3.8) is 0 Å². The Morgan fingerprint density at radius 1 is 1.03 bits per heavy atom. The zero-order chi connectivity index (χ0) is 21.5. The number of carbonyl (C=O) groups is 2. The molecule has 0 atom stereocenters. The second kappa shape index (κ2) is 10.1. The van der Waals surface area contributed by atoms with Crippen molar-refractivity contribution in [3.05, 3.63) is 59.7 Å². The van der Waals surface area contributed by atoms with E-state index in [1.807, 2.05) is 79.3 Å². The van der Waals surface area contributed by atoms with Crippen LogP contribution < -0.4 is 15.0 Å². The number of benzene rings is 2. The van der Waals surface area contributed by atoms with Gasteiger partial charge in [0.2, 0.25) is 5.91 Å². The molecule has 1 aliphatic heterocycles. The molecule has 2 amide bonds. The number of nitrogens with zero attached hydrogens (tertiary/aromatic N) is 2. The number of nitrogens with one attached hydrogen (secondary N) is 1. The highest BCUT2D eigenvalue weighted by atomic mass is 16.5. The summed E-state index contributed by atoms with van der Waals surface area (Å²) in [6.07, 6.45) is 1.90. The van der Waals surface area contributed by atoms with Crippen LogP contribution in [0.15, 0.2) is 48.5 Å². The van der Waals surface area contributed by atoms with E-state index in [4.69, 9.17) is 4.74 Å². The van der Waals surface area contributed by atoms with Crippen molar-refractivity contribution in [2.75, 3.05) is 38.7 Å². The number of ether oxygens (including phenoxy) is 1. The molecule has 0 aromatic heterocycles. The van der Waals surface area contributed by atoms with Crippen LogP contribution in [0.3, 0.4) is 0 Å². The van der Waals surface area contributed by atoms with Crippen molar-refractivity contribution < 1.29 is 14.3 Å². The predicted molar refractivity (Wildman–Crippen MR) is 119 cm³/mol. The second-order valence-electron chi connectivity index (χ2n) is 7.83. The third-order valence-corrected chi connectivity index (χ3v) is 5.38. The Morgan fingerprint density at radius 2 is 1.67 bits per heavy atom. The van der Waals surface area contributed by atoms with Crippen molar-refractivity contribution in [2.45, 2.75) is 32.2 Å². The SMILES string of the molecule is CCOc1ccc(CC(=O)NC2CCN(C(=O)c3ccc(N(C)C)cc3)CC2)cc1. The average molecular weight is 410 g/mol. The third kappa shape index (κ3) is 5.75. The molecule has 0 saturated carbocycles. The summed E-state index contributed by atoms with van der Waals surface area (Å²) < 4.78 is 5.43. The van der Waals surface area contributed by atoms with Crippen LogP contribution in [0.2, 0.25) is 0 Å². The van der Waals surface area contributed by atoms with Crippen LogP contribution in [-0.4, -0.2) is 56.5 Å². The maximum atomic E-state index is 12.7. The number of piperidine rings is 1. The molecule has 0 bridgehead atoms. The largest absolute Gasteiger partial charge is 0.494 e. The number of anilines is 1. The minimum Gasteiger partial charge on any atom is -0.494 e. The van der Waals surface area contributed by atoms with Gasteiger partial charge in [-0.05, 0) is 61.7 Å². The van der Waals surface area contributed by atoms with Crippen molar-refractivity contribution in [1.82, 2.24) is 10.2 Å². The van der Waals surface area contributed by atoms with Gasteiger partial charge in [-0.2, -0.15) is 0 Å². The first-order valence-corrected chi connectivity index (χ1v) is 10.5. The first-order valence-electron chi connectivity index (χ1n) is 10.5. The standard InChI is InChI=1S/C24H31N3O3/c1-4-30-22-11-5-18(6-12-22)17-23(28)25-20-13-15-27(16-14-20)24(29)19-7-9-21(10-8-19)26(2)3/h5-12,20H,4,13-17H2,1-3H3,(H,25,28). The molecule has 1 aliphatic rings. The number of hydrogen-bond acceptors (Lipinski definition) is 4. The Balaban J connectivity index is 1.45. The topological polar surface area (TPSA) is 61.9 Å². The molecule has 3 rings (SSSR count). The summed E-state index contributed by atoms with van der Waals surface area (Å²) in [5.41, 5.74) is 2.74.